The lowest BCUT2D eigenvalue weighted by atomic mass is 9.66. The van der Waals surface area contributed by atoms with Gasteiger partial charge >= 0.3 is 0 Å². The Labute approximate surface area is 126 Å². The van der Waals surface area contributed by atoms with Gasteiger partial charge < -0.3 is 0 Å². The molecule has 99 valence electrons. The molecule has 1 aliphatic carbocycles. The zero-order chi connectivity index (χ0) is 14.4. The van der Waals surface area contributed by atoms with Crippen LogP contribution < -0.4 is 5.46 Å². The highest BCUT2D eigenvalue weighted by Crippen LogP contribution is 2.42. The van der Waals surface area contributed by atoms with Crippen LogP contribution in [0.3, 0.4) is 0 Å². The largest absolute Gasteiger partial charge is 0.193 e. The average Bonchev–Trinajstić information content (AvgIpc) is 3.05. The van der Waals surface area contributed by atoms with E-state index in [9.17, 15) is 0 Å². The lowest BCUT2D eigenvalue weighted by Gasteiger charge is -2.11. The highest BCUT2D eigenvalue weighted by atomic mass is 14.3. The monoisotopic (exact) mass is 267 g/mol. The first kappa shape index (κ1) is 12.5. The molecule has 4 rings (SSSR count). The molecule has 1 heteroatoms. The van der Waals surface area contributed by atoms with Crippen LogP contribution in [0.2, 0.25) is 0 Å². The van der Waals surface area contributed by atoms with E-state index >= 15 is 0 Å². The topological polar surface area (TPSA) is 0 Å². The van der Waals surface area contributed by atoms with Gasteiger partial charge in [0.05, 0.1) is 0 Å². The Morgan fingerprint density at radius 1 is 1.05 bits per heavy atom. The molecule has 0 saturated carbocycles. The highest BCUT2D eigenvalue weighted by Gasteiger charge is 2.28. The molecule has 0 fully saturated rings. The number of fused-ring (bicyclic) bond motifs is 5. The van der Waals surface area contributed by atoms with E-state index in [2.05, 4.69) is 69.3 Å². The minimum Gasteiger partial charge on any atom is -0.0996 e. The van der Waals surface area contributed by atoms with Crippen LogP contribution in [0.5, 0.6) is 0 Å². The standard InChI is InChI=1S/C20H16B/c1-3-7-16-17(4-2)21-18-11-10-14-12-13-8-5-6-9-15(13)19(14)20(16)18/h3-11H,2,12H2,1H3/b7-3-. The van der Waals surface area contributed by atoms with Crippen LogP contribution in [0.4, 0.5) is 0 Å². The van der Waals surface area contributed by atoms with Crippen LogP contribution in [0.25, 0.3) is 16.7 Å². The Hall–Kier alpha value is -2.28. The molecule has 0 saturated heterocycles. The summed E-state index contributed by atoms with van der Waals surface area (Å²) in [7, 11) is 2.25. The van der Waals surface area contributed by atoms with Crippen LogP contribution in [0, 0.1) is 0 Å². The summed E-state index contributed by atoms with van der Waals surface area (Å²) in [6, 6.07) is 13.3. The van der Waals surface area contributed by atoms with Crippen LogP contribution in [-0.4, -0.2) is 7.28 Å². The molecule has 1 heterocycles. The van der Waals surface area contributed by atoms with E-state index in [0.717, 1.165) is 6.42 Å². The van der Waals surface area contributed by atoms with Gasteiger partial charge in [-0.25, -0.2) is 0 Å². The van der Waals surface area contributed by atoms with Crippen LogP contribution in [0.15, 0.2) is 66.7 Å². The minimum atomic E-state index is 1.05. The van der Waals surface area contributed by atoms with Gasteiger partial charge in [0.25, 0.3) is 0 Å². The SMILES string of the molecule is C=CC1=C(/C=C\C)c2c(ccc3c2-c2ccccc2C3)[B]1. The molecule has 1 aliphatic heterocycles. The van der Waals surface area contributed by atoms with Gasteiger partial charge in [0, 0.05) is 0 Å². The molecular weight excluding hydrogens is 251 g/mol. The maximum Gasteiger partial charge on any atom is 0.193 e. The molecule has 1 radical (unpaired) electrons. The van der Waals surface area contributed by atoms with Gasteiger partial charge in [-0.2, -0.15) is 0 Å². The Kier molecular flexibility index (Phi) is 2.75. The van der Waals surface area contributed by atoms with E-state index in [-0.39, 0.29) is 0 Å². The zero-order valence-electron chi connectivity index (χ0n) is 12.2. The summed E-state index contributed by atoms with van der Waals surface area (Å²) in [5.41, 5.74) is 10.9. The summed E-state index contributed by atoms with van der Waals surface area (Å²) in [5.74, 6) is 0. The first-order chi connectivity index (χ1) is 10.3. The number of allylic oxidation sites excluding steroid dienone is 5. The predicted octanol–water partition coefficient (Wildman–Crippen LogP) is 4.07. The third-order valence-electron chi connectivity index (χ3n) is 4.44. The van der Waals surface area contributed by atoms with Crippen molar-refractivity contribution >= 4 is 18.3 Å². The van der Waals surface area contributed by atoms with Gasteiger partial charge in [-0.1, -0.05) is 72.1 Å². The normalized spacial score (nSPS) is 14.9. The van der Waals surface area contributed by atoms with E-state index in [1.165, 1.54) is 44.3 Å². The van der Waals surface area contributed by atoms with Crippen molar-refractivity contribution in [3.8, 4) is 11.1 Å². The number of rotatable bonds is 2. The van der Waals surface area contributed by atoms with Crippen molar-refractivity contribution in [2.75, 3.05) is 0 Å². The number of benzene rings is 2. The Bertz CT molecular complexity index is 822. The van der Waals surface area contributed by atoms with Gasteiger partial charge in [-0.05, 0) is 46.7 Å². The smallest absolute Gasteiger partial charge is 0.0996 e. The van der Waals surface area contributed by atoms with Crippen molar-refractivity contribution in [2.45, 2.75) is 13.3 Å². The van der Waals surface area contributed by atoms with Crippen molar-refractivity contribution in [2.24, 2.45) is 0 Å². The fourth-order valence-corrected chi connectivity index (χ4v) is 3.56. The van der Waals surface area contributed by atoms with Gasteiger partial charge in [0.2, 0.25) is 0 Å². The van der Waals surface area contributed by atoms with Crippen LogP contribution >= 0.6 is 0 Å². The molecule has 2 aliphatic rings. The van der Waals surface area contributed by atoms with Crippen LogP contribution in [0.1, 0.15) is 23.6 Å². The first-order valence-corrected chi connectivity index (χ1v) is 7.42. The molecule has 0 bridgehead atoms. The first-order valence-electron chi connectivity index (χ1n) is 7.42. The molecule has 0 unspecified atom stereocenters. The van der Waals surface area contributed by atoms with Gasteiger partial charge in [0.1, 0.15) is 0 Å². The summed E-state index contributed by atoms with van der Waals surface area (Å²) in [6.45, 7) is 6.05. The third-order valence-corrected chi connectivity index (χ3v) is 4.44. The molecule has 0 atom stereocenters. The Balaban J connectivity index is 2.04. The molecule has 0 N–H and O–H groups in total. The second-order valence-corrected chi connectivity index (χ2v) is 5.62. The molecule has 21 heavy (non-hydrogen) atoms. The number of hydrogen-bond donors (Lipinski definition) is 0. The highest BCUT2D eigenvalue weighted by molar-refractivity contribution is 6.67. The summed E-state index contributed by atoms with van der Waals surface area (Å²) >= 11 is 0. The summed E-state index contributed by atoms with van der Waals surface area (Å²) in [6.07, 6.45) is 7.33. The minimum absolute atomic E-state index is 1.05. The molecule has 2 aromatic rings. The predicted molar refractivity (Wildman–Crippen MR) is 92.0 cm³/mol. The van der Waals surface area contributed by atoms with Crippen molar-refractivity contribution in [1.29, 1.82) is 0 Å². The maximum absolute atomic E-state index is 3.97. The second kappa shape index (κ2) is 4.63. The quantitative estimate of drug-likeness (QED) is 0.614. The lowest BCUT2D eigenvalue weighted by Crippen LogP contribution is -2.14. The molecule has 0 amide bonds. The molecule has 2 aromatic carbocycles. The summed E-state index contributed by atoms with van der Waals surface area (Å²) in [5, 5.41) is 0. The maximum atomic E-state index is 3.97. The summed E-state index contributed by atoms with van der Waals surface area (Å²) < 4.78 is 0. The van der Waals surface area contributed by atoms with Gasteiger partial charge in [0.15, 0.2) is 7.28 Å². The third kappa shape index (κ3) is 1.70. The fourth-order valence-electron chi connectivity index (χ4n) is 3.56. The van der Waals surface area contributed by atoms with E-state index in [1.807, 2.05) is 6.08 Å². The zero-order valence-corrected chi connectivity index (χ0v) is 12.2. The van der Waals surface area contributed by atoms with Crippen molar-refractivity contribution in [3.05, 3.63) is 83.4 Å². The Morgan fingerprint density at radius 3 is 2.71 bits per heavy atom. The molecule has 0 aromatic heterocycles. The Morgan fingerprint density at radius 2 is 1.90 bits per heavy atom. The van der Waals surface area contributed by atoms with Gasteiger partial charge in [-0.3, -0.25) is 0 Å². The molecule has 0 nitrogen and oxygen atoms in total. The van der Waals surface area contributed by atoms with Crippen molar-refractivity contribution in [3.63, 3.8) is 0 Å². The summed E-state index contributed by atoms with van der Waals surface area (Å²) in [4.78, 5) is 0. The van der Waals surface area contributed by atoms with Crippen molar-refractivity contribution in [1.82, 2.24) is 0 Å². The van der Waals surface area contributed by atoms with E-state index in [1.54, 1.807) is 0 Å². The fraction of sp³-hybridized carbons (Fsp3) is 0.100. The van der Waals surface area contributed by atoms with Crippen LogP contribution in [-0.2, 0) is 6.42 Å². The van der Waals surface area contributed by atoms with E-state index in [0.29, 0.717) is 0 Å². The lowest BCUT2D eigenvalue weighted by molar-refractivity contribution is 1.26. The van der Waals surface area contributed by atoms with E-state index in [4.69, 9.17) is 0 Å². The van der Waals surface area contributed by atoms with E-state index < -0.39 is 0 Å². The molecule has 0 spiro atoms. The van der Waals surface area contributed by atoms with Crippen molar-refractivity contribution < 1.29 is 0 Å². The second-order valence-electron chi connectivity index (χ2n) is 5.62. The number of hydrogen-bond acceptors (Lipinski definition) is 0. The molecular formula is C20H16B. The van der Waals surface area contributed by atoms with Gasteiger partial charge in [-0.15, -0.1) is 0 Å². The average molecular weight is 267 g/mol.